The molecule has 0 unspecified atom stereocenters. The number of hydrogen-bond acceptors (Lipinski definition) is 4. The maximum atomic E-state index is 10.4. The number of para-hydroxylation sites is 1. The third-order valence-corrected chi connectivity index (χ3v) is 4.99. The average molecular weight is 356 g/mol. The van der Waals surface area contributed by atoms with Crippen LogP contribution in [0, 0.1) is 10.1 Å². The number of benzene rings is 1. The minimum absolute atomic E-state index is 0.332. The molecular weight excluding hydrogens is 351 g/mol. The molecule has 0 amide bonds. The van der Waals surface area contributed by atoms with Gasteiger partial charge in [-0.2, -0.15) is 0 Å². The number of nitro benzene ring substituents is 1. The van der Waals surface area contributed by atoms with Crippen molar-refractivity contribution in [2.24, 2.45) is 0 Å². The van der Waals surface area contributed by atoms with Crippen molar-refractivity contribution in [2.45, 2.75) is 0 Å². The molecule has 0 bridgehead atoms. The Morgan fingerprint density at radius 2 is 2.17 bits per heavy atom. The van der Waals surface area contributed by atoms with Gasteiger partial charge in [0.15, 0.2) is 0 Å². The summed E-state index contributed by atoms with van der Waals surface area (Å²) >= 11 is -2.29. The van der Waals surface area contributed by atoms with Gasteiger partial charge >= 0.3 is 80.9 Å². The molecule has 0 heterocycles. The predicted octanol–water partition coefficient (Wildman–Crippen LogP) is -0.0845. The van der Waals surface area contributed by atoms with Crippen LogP contribution in [0.5, 0.6) is 5.75 Å². The first kappa shape index (κ1) is 9.40. The molecule has 5 nitrogen and oxygen atoms in total. The molecule has 0 fully saturated rings. The van der Waals surface area contributed by atoms with Crippen LogP contribution in [-0.4, -0.2) is 13.0 Å². The van der Waals surface area contributed by atoms with Crippen LogP contribution in [0.3, 0.4) is 0 Å². The van der Waals surface area contributed by atoms with Gasteiger partial charge in [-0.3, -0.25) is 0 Å². The summed E-state index contributed by atoms with van der Waals surface area (Å²) in [4.78, 5) is 9.71. The van der Waals surface area contributed by atoms with Gasteiger partial charge in [-0.25, -0.2) is 0 Å². The van der Waals surface area contributed by atoms with Gasteiger partial charge in [-0.1, -0.05) is 0 Å². The van der Waals surface area contributed by atoms with E-state index in [1.54, 1.807) is 0 Å². The van der Waals surface area contributed by atoms with Crippen LogP contribution >= 0.6 is 0 Å². The fraction of sp³-hybridized carbons (Fsp3) is 0. The first-order valence-corrected chi connectivity index (χ1v) is 8.43. The summed E-state index contributed by atoms with van der Waals surface area (Å²) in [7, 11) is 0. The molecular formula is C6H5HgNO4. The molecule has 0 aromatic heterocycles. The van der Waals surface area contributed by atoms with Gasteiger partial charge in [-0.15, -0.1) is 0 Å². The molecule has 0 saturated carbocycles. The van der Waals surface area contributed by atoms with Gasteiger partial charge in [0.25, 0.3) is 0 Å². The van der Waals surface area contributed by atoms with Gasteiger partial charge in [-0.05, 0) is 0 Å². The standard InChI is InChI=1S/C6H4NO3.Hg.H2O/c8-6-4-2-1-3-5(6)7(9)10;;/h1-2,4,8H;;1H2/q;+1;/p-1. The van der Waals surface area contributed by atoms with Crippen LogP contribution in [0.1, 0.15) is 0 Å². The summed E-state index contributed by atoms with van der Waals surface area (Å²) in [5, 5.41) is 19.4. The Morgan fingerprint density at radius 3 is 2.58 bits per heavy atom. The molecule has 6 heteroatoms. The third kappa shape index (κ3) is 1.73. The van der Waals surface area contributed by atoms with E-state index in [1.807, 2.05) is 0 Å². The second kappa shape index (κ2) is 3.82. The zero-order chi connectivity index (χ0) is 9.14. The number of nitro groups is 1. The SMILES string of the molecule is O=[N+]([O-])c1c(O)ccc[c]1[Hg][OH]. The topological polar surface area (TPSA) is 83.6 Å². The number of hydrogen-bond donors (Lipinski definition) is 2. The fourth-order valence-corrected chi connectivity index (χ4v) is 3.64. The van der Waals surface area contributed by atoms with Crippen LogP contribution in [0.2, 0.25) is 0 Å². The van der Waals surface area contributed by atoms with E-state index in [9.17, 15) is 10.1 Å². The first-order chi connectivity index (χ1) is 5.66. The molecule has 0 radical (unpaired) electrons. The summed E-state index contributed by atoms with van der Waals surface area (Å²) in [5.41, 5.74) is -0.332. The molecule has 0 aliphatic carbocycles. The number of nitrogens with zero attached hydrogens (tertiary/aromatic N) is 1. The minimum atomic E-state index is -2.29. The van der Waals surface area contributed by atoms with Gasteiger partial charge in [0.2, 0.25) is 0 Å². The van der Waals surface area contributed by atoms with Crippen molar-refractivity contribution in [3.05, 3.63) is 28.3 Å². The van der Waals surface area contributed by atoms with Gasteiger partial charge in [0.05, 0.1) is 0 Å². The second-order valence-electron chi connectivity index (χ2n) is 2.20. The van der Waals surface area contributed by atoms with Crippen LogP contribution in [-0.2, 0) is 25.0 Å². The zero-order valence-electron chi connectivity index (χ0n) is 6.10. The van der Waals surface area contributed by atoms with Gasteiger partial charge < -0.3 is 0 Å². The van der Waals surface area contributed by atoms with Crippen molar-refractivity contribution < 1.29 is 38.1 Å². The Kier molecular flexibility index (Phi) is 2.99. The third-order valence-electron chi connectivity index (χ3n) is 1.45. The van der Waals surface area contributed by atoms with E-state index < -0.39 is 30.0 Å². The summed E-state index contributed by atoms with van der Waals surface area (Å²) in [6, 6.07) is 4.22. The van der Waals surface area contributed by atoms with E-state index in [2.05, 4.69) is 0 Å². The van der Waals surface area contributed by atoms with E-state index in [-0.39, 0.29) is 11.4 Å². The Labute approximate surface area is 80.9 Å². The molecule has 0 atom stereocenters. The summed E-state index contributed by atoms with van der Waals surface area (Å²) in [6.45, 7) is 0. The van der Waals surface area contributed by atoms with E-state index >= 15 is 0 Å². The average Bonchev–Trinajstić information content (AvgIpc) is 2.03. The van der Waals surface area contributed by atoms with Gasteiger partial charge in [0.1, 0.15) is 0 Å². The number of phenols is 1. The fourth-order valence-electron chi connectivity index (χ4n) is 0.916. The number of rotatable bonds is 2. The molecule has 12 heavy (non-hydrogen) atoms. The number of phenolic OH excluding ortho intramolecular Hbond substituents is 1. The van der Waals surface area contributed by atoms with E-state index in [1.165, 1.54) is 18.2 Å². The van der Waals surface area contributed by atoms with Crippen LogP contribution in [0.15, 0.2) is 18.2 Å². The molecule has 0 aliphatic rings. The van der Waals surface area contributed by atoms with Crippen molar-refractivity contribution >= 4 is 8.76 Å². The molecule has 0 saturated heterocycles. The van der Waals surface area contributed by atoms with E-state index in [4.69, 9.17) is 8.12 Å². The van der Waals surface area contributed by atoms with E-state index in [0.29, 0.717) is 3.07 Å². The zero-order valence-corrected chi connectivity index (χ0v) is 11.6. The normalized spacial score (nSPS) is 9.08. The molecule has 1 aromatic rings. The van der Waals surface area contributed by atoms with Crippen molar-refractivity contribution in [1.82, 2.24) is 0 Å². The molecule has 0 aliphatic heterocycles. The summed E-state index contributed by atoms with van der Waals surface area (Å²) in [6.07, 6.45) is 0. The van der Waals surface area contributed by atoms with Crippen molar-refractivity contribution in [3.63, 3.8) is 0 Å². The van der Waals surface area contributed by atoms with Crippen molar-refractivity contribution in [2.75, 3.05) is 0 Å². The van der Waals surface area contributed by atoms with Crippen LogP contribution in [0.4, 0.5) is 5.69 Å². The summed E-state index contributed by atoms with van der Waals surface area (Å²) in [5.74, 6) is -0.369. The summed E-state index contributed by atoms with van der Waals surface area (Å²) < 4.78 is 9.23. The molecule has 0 spiro atoms. The second-order valence-corrected chi connectivity index (χ2v) is 6.39. The quantitative estimate of drug-likeness (QED) is 0.441. The van der Waals surface area contributed by atoms with Crippen molar-refractivity contribution in [3.8, 4) is 5.75 Å². The Balaban J connectivity index is 3.29. The Morgan fingerprint density at radius 1 is 1.50 bits per heavy atom. The number of aromatic hydroxyl groups is 1. The molecule has 1 aromatic carbocycles. The van der Waals surface area contributed by atoms with Crippen LogP contribution in [0.25, 0.3) is 0 Å². The molecule has 1 rings (SSSR count). The predicted molar refractivity (Wildman–Crippen MR) is 36.6 cm³/mol. The van der Waals surface area contributed by atoms with Crippen molar-refractivity contribution in [1.29, 1.82) is 0 Å². The van der Waals surface area contributed by atoms with Crippen LogP contribution < -0.4 is 3.07 Å². The molecule has 60 valence electrons. The van der Waals surface area contributed by atoms with E-state index in [0.717, 1.165) is 0 Å². The Bertz CT molecular complexity index is 314. The maximum absolute atomic E-state index is 10.4. The molecule has 2 N–H and O–H groups in total. The van der Waals surface area contributed by atoms with Gasteiger partial charge in [0, 0.05) is 0 Å². The first-order valence-electron chi connectivity index (χ1n) is 3.23. The Hall–Kier alpha value is -0.685. The monoisotopic (exact) mass is 357 g/mol.